The Morgan fingerprint density at radius 3 is 2.54 bits per heavy atom. The summed E-state index contributed by atoms with van der Waals surface area (Å²) in [5.41, 5.74) is 0. The lowest BCUT2D eigenvalue weighted by Crippen LogP contribution is -2.42. The molecule has 3 heteroatoms. The van der Waals surface area contributed by atoms with Crippen LogP contribution in [-0.2, 0) is 4.79 Å². The van der Waals surface area contributed by atoms with E-state index in [-0.39, 0.29) is 5.91 Å². The summed E-state index contributed by atoms with van der Waals surface area (Å²) in [6, 6.07) is 0. The molecular weight excluding hydrogens is 166 g/mol. The zero-order chi connectivity index (χ0) is 9.84. The quantitative estimate of drug-likeness (QED) is 0.643. The second-order valence-electron chi connectivity index (χ2n) is 3.57. The van der Waals surface area contributed by atoms with Crippen molar-refractivity contribution in [3.8, 4) is 0 Å². The number of allylic oxidation sites excluding steroid dienone is 1. The highest BCUT2D eigenvalue weighted by Gasteiger charge is 2.23. The number of carbonyl (C=O) groups is 1. The summed E-state index contributed by atoms with van der Waals surface area (Å²) in [6.45, 7) is 6.75. The van der Waals surface area contributed by atoms with Gasteiger partial charge in [0.15, 0.2) is 0 Å². The van der Waals surface area contributed by atoms with Gasteiger partial charge in [0.25, 0.3) is 5.91 Å². The third-order valence-electron chi connectivity index (χ3n) is 2.54. The average molecular weight is 183 g/mol. The molecule has 1 rings (SSSR count). The van der Waals surface area contributed by atoms with Crippen LogP contribution >= 0.6 is 0 Å². The summed E-state index contributed by atoms with van der Waals surface area (Å²) in [5, 5.41) is 9.08. The Morgan fingerprint density at radius 2 is 2.15 bits per heavy atom. The minimum atomic E-state index is -0.861. The average Bonchev–Trinajstić information content (AvgIpc) is 2.17. The lowest BCUT2D eigenvalue weighted by Gasteiger charge is -2.31. The molecule has 1 aliphatic heterocycles. The van der Waals surface area contributed by atoms with Crippen molar-refractivity contribution < 1.29 is 9.90 Å². The van der Waals surface area contributed by atoms with Crippen LogP contribution in [0.4, 0.5) is 0 Å². The molecule has 13 heavy (non-hydrogen) atoms. The van der Waals surface area contributed by atoms with E-state index in [1.807, 2.05) is 6.08 Å². The third-order valence-corrected chi connectivity index (χ3v) is 2.54. The van der Waals surface area contributed by atoms with Gasteiger partial charge in [-0.2, -0.15) is 0 Å². The fraction of sp³-hybridized carbons (Fsp3) is 0.700. The van der Waals surface area contributed by atoms with E-state index in [0.717, 1.165) is 25.9 Å². The highest BCUT2D eigenvalue weighted by atomic mass is 16.3. The predicted octanol–water partition coefficient (Wildman–Crippen LogP) is 0.792. The first kappa shape index (κ1) is 10.3. The highest BCUT2D eigenvalue weighted by molar-refractivity contribution is 5.80. The van der Waals surface area contributed by atoms with Crippen molar-refractivity contribution in [2.24, 2.45) is 5.92 Å². The van der Waals surface area contributed by atoms with E-state index in [0.29, 0.717) is 5.92 Å². The molecule has 1 atom stereocenters. The molecule has 1 saturated heterocycles. The number of likely N-dealkylation sites (tertiary alicyclic amines) is 1. The molecule has 0 aromatic heterocycles. The summed E-state index contributed by atoms with van der Waals surface area (Å²) in [4.78, 5) is 13.1. The number of carbonyl (C=O) groups excluding carboxylic acids is 1. The number of nitrogens with zero attached hydrogens (tertiary/aromatic N) is 1. The monoisotopic (exact) mass is 183 g/mol. The van der Waals surface area contributed by atoms with Crippen LogP contribution in [0.25, 0.3) is 0 Å². The van der Waals surface area contributed by atoms with Crippen LogP contribution < -0.4 is 0 Å². The molecule has 0 saturated carbocycles. The smallest absolute Gasteiger partial charge is 0.251 e. The molecule has 0 bridgehead atoms. The maximum absolute atomic E-state index is 11.3. The Morgan fingerprint density at radius 1 is 1.62 bits per heavy atom. The molecule has 0 unspecified atom stereocenters. The summed E-state index contributed by atoms with van der Waals surface area (Å²) in [5.74, 6) is 0.389. The highest BCUT2D eigenvalue weighted by Crippen LogP contribution is 2.18. The van der Waals surface area contributed by atoms with Gasteiger partial charge in [0.05, 0.1) is 0 Å². The predicted molar refractivity (Wildman–Crippen MR) is 51.2 cm³/mol. The largest absolute Gasteiger partial charge is 0.384 e. The zero-order valence-electron chi connectivity index (χ0n) is 8.07. The van der Waals surface area contributed by atoms with Crippen molar-refractivity contribution >= 4 is 5.91 Å². The van der Waals surface area contributed by atoms with Crippen molar-refractivity contribution in [1.29, 1.82) is 0 Å². The first-order valence-electron chi connectivity index (χ1n) is 4.74. The maximum Gasteiger partial charge on any atom is 0.251 e. The molecule has 1 N–H and O–H groups in total. The van der Waals surface area contributed by atoms with Crippen molar-refractivity contribution in [3.05, 3.63) is 12.7 Å². The maximum atomic E-state index is 11.3. The molecular formula is C10H17NO2. The van der Waals surface area contributed by atoms with Crippen LogP contribution in [0.1, 0.15) is 19.8 Å². The molecule has 0 aromatic carbocycles. The molecule has 0 spiro atoms. The van der Waals surface area contributed by atoms with Crippen molar-refractivity contribution in [2.45, 2.75) is 25.9 Å². The minimum absolute atomic E-state index is 0.150. The molecule has 1 heterocycles. The van der Waals surface area contributed by atoms with Crippen LogP contribution in [-0.4, -0.2) is 35.1 Å². The molecule has 0 aliphatic carbocycles. The molecule has 1 aliphatic rings. The number of amides is 1. The summed E-state index contributed by atoms with van der Waals surface area (Å²) in [6.07, 6.45) is 3.04. The van der Waals surface area contributed by atoms with E-state index in [1.165, 1.54) is 6.92 Å². The fourth-order valence-corrected chi connectivity index (χ4v) is 1.62. The van der Waals surface area contributed by atoms with Gasteiger partial charge in [-0.3, -0.25) is 4.79 Å². The van der Waals surface area contributed by atoms with Crippen LogP contribution in [0.2, 0.25) is 0 Å². The molecule has 1 amide bonds. The normalized spacial score (nSPS) is 21.2. The van der Waals surface area contributed by atoms with Gasteiger partial charge in [0.1, 0.15) is 6.10 Å². The Balaban J connectivity index is 2.40. The lowest BCUT2D eigenvalue weighted by molar-refractivity contribution is -0.140. The number of hydrogen-bond acceptors (Lipinski definition) is 2. The van der Waals surface area contributed by atoms with Gasteiger partial charge in [0.2, 0.25) is 0 Å². The third kappa shape index (κ3) is 2.56. The van der Waals surface area contributed by atoms with Crippen LogP contribution in [0.15, 0.2) is 12.7 Å². The van der Waals surface area contributed by atoms with E-state index >= 15 is 0 Å². The number of aliphatic hydroxyl groups is 1. The Labute approximate surface area is 79.0 Å². The molecule has 0 radical (unpaired) electrons. The number of hydrogen-bond donors (Lipinski definition) is 1. The van der Waals surface area contributed by atoms with Gasteiger partial charge in [-0.25, -0.2) is 0 Å². The standard InChI is InChI=1S/C10H17NO2/c1-3-9-4-6-11(7-5-9)10(13)8(2)12/h3,8-9,12H,1,4-7H2,2H3/t8-/m1/s1. The number of aliphatic hydroxyl groups excluding tert-OH is 1. The van der Waals surface area contributed by atoms with Crippen LogP contribution in [0.5, 0.6) is 0 Å². The van der Waals surface area contributed by atoms with Gasteiger partial charge in [-0.05, 0) is 25.7 Å². The van der Waals surface area contributed by atoms with Crippen LogP contribution in [0, 0.1) is 5.92 Å². The number of rotatable bonds is 2. The van der Waals surface area contributed by atoms with Gasteiger partial charge >= 0.3 is 0 Å². The molecule has 74 valence electrons. The van der Waals surface area contributed by atoms with E-state index in [4.69, 9.17) is 5.11 Å². The number of piperidine rings is 1. The molecule has 1 fully saturated rings. The van der Waals surface area contributed by atoms with Crippen molar-refractivity contribution in [1.82, 2.24) is 4.90 Å². The Kier molecular flexibility index (Phi) is 3.48. The SMILES string of the molecule is C=CC1CCN(C(=O)[C@@H](C)O)CC1. The second-order valence-corrected chi connectivity index (χ2v) is 3.57. The summed E-state index contributed by atoms with van der Waals surface area (Å²) >= 11 is 0. The zero-order valence-corrected chi connectivity index (χ0v) is 8.07. The summed E-state index contributed by atoms with van der Waals surface area (Å²) in [7, 11) is 0. The van der Waals surface area contributed by atoms with Crippen molar-refractivity contribution in [2.75, 3.05) is 13.1 Å². The fourth-order valence-electron chi connectivity index (χ4n) is 1.62. The first-order valence-corrected chi connectivity index (χ1v) is 4.74. The lowest BCUT2D eigenvalue weighted by atomic mass is 9.97. The molecule has 0 aromatic rings. The van der Waals surface area contributed by atoms with E-state index in [1.54, 1.807) is 4.90 Å². The topological polar surface area (TPSA) is 40.5 Å². The van der Waals surface area contributed by atoms with Crippen molar-refractivity contribution in [3.63, 3.8) is 0 Å². The van der Waals surface area contributed by atoms with E-state index < -0.39 is 6.10 Å². The first-order chi connectivity index (χ1) is 6.15. The Hall–Kier alpha value is -0.830. The van der Waals surface area contributed by atoms with Crippen LogP contribution in [0.3, 0.4) is 0 Å². The van der Waals surface area contributed by atoms with Gasteiger partial charge < -0.3 is 10.0 Å². The summed E-state index contributed by atoms with van der Waals surface area (Å²) < 4.78 is 0. The van der Waals surface area contributed by atoms with Gasteiger partial charge in [0, 0.05) is 13.1 Å². The van der Waals surface area contributed by atoms with E-state index in [9.17, 15) is 4.79 Å². The van der Waals surface area contributed by atoms with Gasteiger partial charge in [-0.1, -0.05) is 6.08 Å². The molecule has 3 nitrogen and oxygen atoms in total. The Bertz CT molecular complexity index is 193. The van der Waals surface area contributed by atoms with Gasteiger partial charge in [-0.15, -0.1) is 6.58 Å². The van der Waals surface area contributed by atoms with E-state index in [2.05, 4.69) is 6.58 Å². The second kappa shape index (κ2) is 4.42. The minimum Gasteiger partial charge on any atom is -0.384 e.